The lowest BCUT2D eigenvalue weighted by atomic mass is 10.0. The Labute approximate surface area is 108 Å². The molecule has 0 saturated carbocycles. The van der Waals surface area contributed by atoms with Gasteiger partial charge < -0.3 is 10.1 Å². The van der Waals surface area contributed by atoms with Gasteiger partial charge >= 0.3 is 0 Å². The average molecular weight is 250 g/mol. The Hall–Kier alpha value is -0.870. The van der Waals surface area contributed by atoms with Crippen LogP contribution in [-0.4, -0.2) is 49.0 Å². The first-order valence-corrected chi connectivity index (χ1v) is 7.20. The van der Waals surface area contributed by atoms with E-state index in [-0.39, 0.29) is 11.8 Å². The topological polar surface area (TPSA) is 41.6 Å². The van der Waals surface area contributed by atoms with E-state index in [0.717, 1.165) is 38.9 Å². The highest BCUT2D eigenvalue weighted by Gasteiger charge is 2.37. The van der Waals surface area contributed by atoms with Crippen molar-refractivity contribution >= 4 is 5.78 Å². The van der Waals surface area contributed by atoms with Crippen molar-refractivity contribution in [1.82, 2.24) is 10.2 Å². The molecule has 0 radical (unpaired) electrons. The largest absolute Gasteiger partial charge is 0.490 e. The number of rotatable bonds is 3. The molecular weight excluding hydrogens is 228 g/mol. The van der Waals surface area contributed by atoms with Gasteiger partial charge in [-0.15, -0.1) is 0 Å². The van der Waals surface area contributed by atoms with Crippen molar-refractivity contribution in [3.8, 4) is 0 Å². The number of Topliss-reactive ketones (excluding diaryl/α,β-unsaturated/α-hetero) is 1. The highest BCUT2D eigenvalue weighted by molar-refractivity contribution is 5.98. The number of carbonyl (C=O) groups excluding carboxylic acids is 1. The summed E-state index contributed by atoms with van der Waals surface area (Å²) in [5.41, 5.74) is 0. The third-order valence-electron chi connectivity index (χ3n) is 4.32. The minimum absolute atomic E-state index is 0.0810. The van der Waals surface area contributed by atoms with Gasteiger partial charge in [0, 0.05) is 12.5 Å². The van der Waals surface area contributed by atoms with Crippen molar-refractivity contribution in [1.29, 1.82) is 0 Å². The van der Waals surface area contributed by atoms with Crippen LogP contribution in [0.15, 0.2) is 11.8 Å². The summed E-state index contributed by atoms with van der Waals surface area (Å²) in [5, 5.41) is 3.39. The van der Waals surface area contributed by atoms with Crippen molar-refractivity contribution in [2.45, 2.75) is 44.2 Å². The maximum absolute atomic E-state index is 12.5. The SMILES string of the molecule is O=C(C1=CCCO1)C1CCCN1C1CCNCC1. The first-order valence-electron chi connectivity index (χ1n) is 7.20. The van der Waals surface area contributed by atoms with Crippen LogP contribution in [0.4, 0.5) is 0 Å². The summed E-state index contributed by atoms with van der Waals surface area (Å²) in [6, 6.07) is 0.669. The van der Waals surface area contributed by atoms with Crippen LogP contribution >= 0.6 is 0 Å². The molecule has 3 aliphatic rings. The number of carbonyl (C=O) groups is 1. The number of nitrogens with zero attached hydrogens (tertiary/aromatic N) is 1. The molecule has 1 atom stereocenters. The molecule has 0 spiro atoms. The standard InChI is InChI=1S/C14H22N2O2/c17-14(13-4-2-10-18-13)12-3-1-9-16(12)11-5-7-15-8-6-11/h4,11-12,15H,1-3,5-10H2. The first-order chi connectivity index (χ1) is 8.86. The van der Waals surface area contributed by atoms with Crippen LogP contribution in [-0.2, 0) is 9.53 Å². The number of hydrogen-bond donors (Lipinski definition) is 1. The zero-order valence-electron chi connectivity index (χ0n) is 10.9. The van der Waals surface area contributed by atoms with Crippen molar-refractivity contribution in [2.24, 2.45) is 0 Å². The summed E-state index contributed by atoms with van der Waals surface area (Å²) in [7, 11) is 0. The predicted octanol–water partition coefficient (Wildman–Crippen LogP) is 1.08. The normalized spacial score (nSPS) is 30.2. The maximum Gasteiger partial charge on any atom is 0.214 e. The summed E-state index contributed by atoms with van der Waals surface area (Å²) in [5.74, 6) is 0.851. The number of likely N-dealkylation sites (tertiary alicyclic amines) is 1. The Morgan fingerprint density at radius 2 is 2.17 bits per heavy atom. The second kappa shape index (κ2) is 5.41. The van der Waals surface area contributed by atoms with Gasteiger partial charge in [0.1, 0.15) is 0 Å². The molecule has 4 nitrogen and oxygen atoms in total. The van der Waals surface area contributed by atoms with Crippen LogP contribution < -0.4 is 5.32 Å². The number of piperidine rings is 1. The van der Waals surface area contributed by atoms with Gasteiger partial charge in [0.05, 0.1) is 12.6 Å². The molecule has 18 heavy (non-hydrogen) atoms. The highest BCUT2D eigenvalue weighted by Crippen LogP contribution is 2.27. The second-order valence-electron chi connectivity index (χ2n) is 5.45. The third-order valence-corrected chi connectivity index (χ3v) is 4.32. The number of ether oxygens (including phenoxy) is 1. The van der Waals surface area contributed by atoms with E-state index in [9.17, 15) is 4.79 Å². The van der Waals surface area contributed by atoms with Crippen LogP contribution in [0.1, 0.15) is 32.1 Å². The average Bonchev–Trinajstić information content (AvgIpc) is 3.10. The smallest absolute Gasteiger partial charge is 0.214 e. The minimum atomic E-state index is 0.0810. The Morgan fingerprint density at radius 1 is 1.33 bits per heavy atom. The summed E-state index contributed by atoms with van der Waals surface area (Å²) in [6.45, 7) is 3.93. The molecule has 0 bridgehead atoms. The summed E-state index contributed by atoms with van der Waals surface area (Å²) in [6.07, 6.45) is 7.34. The van der Waals surface area contributed by atoms with E-state index in [0.29, 0.717) is 18.4 Å². The molecule has 2 fully saturated rings. The fourth-order valence-corrected chi connectivity index (χ4v) is 3.40. The molecule has 3 heterocycles. The number of hydrogen-bond acceptors (Lipinski definition) is 4. The Balaban J connectivity index is 1.68. The van der Waals surface area contributed by atoms with Crippen molar-refractivity contribution in [3.05, 3.63) is 11.8 Å². The van der Waals surface area contributed by atoms with Gasteiger partial charge in [-0.2, -0.15) is 0 Å². The van der Waals surface area contributed by atoms with E-state index in [4.69, 9.17) is 4.74 Å². The lowest BCUT2D eigenvalue weighted by Crippen LogP contribution is -2.48. The molecule has 1 N–H and O–H groups in total. The number of nitrogens with one attached hydrogen (secondary N) is 1. The molecule has 0 aromatic carbocycles. The van der Waals surface area contributed by atoms with E-state index in [1.165, 1.54) is 12.8 Å². The minimum Gasteiger partial charge on any atom is -0.490 e. The molecule has 0 aliphatic carbocycles. The van der Waals surface area contributed by atoms with Crippen LogP contribution in [0.25, 0.3) is 0 Å². The maximum atomic E-state index is 12.5. The van der Waals surface area contributed by atoms with Gasteiger partial charge in [-0.25, -0.2) is 0 Å². The van der Waals surface area contributed by atoms with Gasteiger partial charge in [-0.3, -0.25) is 9.69 Å². The Kier molecular flexibility index (Phi) is 3.66. The summed E-state index contributed by atoms with van der Waals surface area (Å²) in [4.78, 5) is 14.9. The lowest BCUT2D eigenvalue weighted by Gasteiger charge is -2.35. The molecule has 0 amide bonds. The Morgan fingerprint density at radius 3 is 2.89 bits per heavy atom. The third kappa shape index (κ3) is 2.31. The Bertz CT molecular complexity index is 348. The zero-order chi connectivity index (χ0) is 12.4. The van der Waals surface area contributed by atoms with E-state index in [1.807, 2.05) is 6.08 Å². The van der Waals surface area contributed by atoms with Gasteiger partial charge in [0.2, 0.25) is 5.78 Å². The highest BCUT2D eigenvalue weighted by atomic mass is 16.5. The molecule has 0 aromatic rings. The molecule has 100 valence electrons. The van der Waals surface area contributed by atoms with Crippen LogP contribution in [0.3, 0.4) is 0 Å². The molecule has 1 unspecified atom stereocenters. The van der Waals surface area contributed by atoms with E-state index in [2.05, 4.69) is 10.2 Å². The van der Waals surface area contributed by atoms with Gasteiger partial charge in [-0.1, -0.05) is 0 Å². The van der Waals surface area contributed by atoms with Crippen molar-refractivity contribution in [3.63, 3.8) is 0 Å². The summed E-state index contributed by atoms with van der Waals surface area (Å²) < 4.78 is 5.44. The lowest BCUT2D eigenvalue weighted by molar-refractivity contribution is -0.123. The predicted molar refractivity (Wildman–Crippen MR) is 69.3 cm³/mol. The molecule has 4 heteroatoms. The molecule has 3 aliphatic heterocycles. The van der Waals surface area contributed by atoms with Crippen LogP contribution in [0, 0.1) is 0 Å². The van der Waals surface area contributed by atoms with E-state index >= 15 is 0 Å². The first kappa shape index (κ1) is 12.2. The fourth-order valence-electron chi connectivity index (χ4n) is 3.40. The second-order valence-corrected chi connectivity index (χ2v) is 5.45. The van der Waals surface area contributed by atoms with Crippen molar-refractivity contribution < 1.29 is 9.53 Å². The monoisotopic (exact) mass is 250 g/mol. The molecule has 0 aromatic heterocycles. The summed E-state index contributed by atoms with van der Waals surface area (Å²) >= 11 is 0. The van der Waals surface area contributed by atoms with E-state index in [1.54, 1.807) is 0 Å². The van der Waals surface area contributed by atoms with Gasteiger partial charge in [-0.05, 0) is 51.4 Å². The zero-order valence-corrected chi connectivity index (χ0v) is 10.9. The number of ketones is 1. The molecule has 3 rings (SSSR count). The van der Waals surface area contributed by atoms with Gasteiger partial charge in [0.25, 0.3) is 0 Å². The van der Waals surface area contributed by atoms with Crippen LogP contribution in [0.2, 0.25) is 0 Å². The molecular formula is C14H22N2O2. The van der Waals surface area contributed by atoms with E-state index < -0.39 is 0 Å². The fraction of sp³-hybridized carbons (Fsp3) is 0.786. The van der Waals surface area contributed by atoms with Crippen molar-refractivity contribution in [2.75, 3.05) is 26.2 Å². The quantitative estimate of drug-likeness (QED) is 0.814. The molecule has 2 saturated heterocycles. The van der Waals surface area contributed by atoms with Gasteiger partial charge in [0.15, 0.2) is 5.76 Å². The van der Waals surface area contributed by atoms with Crippen LogP contribution in [0.5, 0.6) is 0 Å².